The lowest BCUT2D eigenvalue weighted by Crippen LogP contribution is -3.00. The lowest BCUT2D eigenvalue weighted by atomic mass is 10.0. The molecule has 0 bridgehead atoms. The molecule has 14 heavy (non-hydrogen) atoms. The number of rotatable bonds is 1. The van der Waals surface area contributed by atoms with Crippen LogP contribution in [0.4, 0.5) is 0 Å². The summed E-state index contributed by atoms with van der Waals surface area (Å²) in [6.45, 7) is 0. The molecule has 0 saturated heterocycles. The molecule has 1 N–H and O–H groups in total. The second-order valence-electron chi connectivity index (χ2n) is 4.52. The minimum atomic E-state index is 0. The average Bonchev–Trinajstić information content (AvgIpc) is 1.94. The topological polar surface area (TPSA) is 29.1 Å². The van der Waals surface area contributed by atoms with Gasteiger partial charge in [-0.25, -0.2) is 0 Å². The molecule has 4 heteroatoms. The average molecular weight is 310 g/mol. The van der Waals surface area contributed by atoms with Crippen LogP contribution >= 0.6 is 0 Å². The number of nitrogens with zero attached hydrogens (tertiary/aromatic N) is 1. The third kappa shape index (κ3) is 4.41. The molecule has 1 rings (SSSR count). The van der Waals surface area contributed by atoms with Crippen molar-refractivity contribution in [3.63, 3.8) is 0 Å². The highest BCUT2D eigenvalue weighted by Gasteiger charge is 2.26. The Morgan fingerprint density at radius 2 is 2.07 bits per heavy atom. The van der Waals surface area contributed by atoms with Gasteiger partial charge in [-0.1, -0.05) is 6.08 Å². The molecule has 0 aromatic heterocycles. The first kappa shape index (κ1) is 13.9. The molecule has 0 radical (unpaired) electrons. The van der Waals surface area contributed by atoms with Crippen LogP contribution in [0, 0.1) is 0 Å². The quantitative estimate of drug-likeness (QED) is 0.435. The summed E-state index contributed by atoms with van der Waals surface area (Å²) in [4.78, 5) is 11.3. The molecule has 0 aromatic carbocycles. The van der Waals surface area contributed by atoms with Gasteiger partial charge < -0.3 is 33.8 Å². The van der Waals surface area contributed by atoms with Crippen LogP contribution in [-0.4, -0.2) is 37.6 Å². The predicted octanol–water partition coefficient (Wildman–Crippen LogP) is -2.12. The van der Waals surface area contributed by atoms with Gasteiger partial charge in [-0.2, -0.15) is 0 Å². The van der Waals surface area contributed by atoms with Crippen LogP contribution in [0.5, 0.6) is 0 Å². The Hall–Kier alpha value is -0.100. The third-order valence-electron chi connectivity index (χ3n) is 2.55. The summed E-state index contributed by atoms with van der Waals surface area (Å²) in [5.41, 5.74) is 0. The molecule has 1 aliphatic heterocycles. The summed E-state index contributed by atoms with van der Waals surface area (Å²) in [7, 11) is 6.43. The molecule has 0 fully saturated rings. The highest BCUT2D eigenvalue weighted by molar-refractivity contribution is 5.77. The predicted molar refractivity (Wildman–Crippen MR) is 53.0 cm³/mol. The van der Waals surface area contributed by atoms with Crippen molar-refractivity contribution in [1.82, 2.24) is 5.32 Å². The fourth-order valence-electron chi connectivity index (χ4n) is 1.56. The van der Waals surface area contributed by atoms with E-state index in [-0.39, 0.29) is 29.9 Å². The van der Waals surface area contributed by atoms with Gasteiger partial charge in [-0.15, -0.1) is 0 Å². The van der Waals surface area contributed by atoms with E-state index in [1.54, 1.807) is 6.20 Å². The Labute approximate surface area is 103 Å². The smallest absolute Gasteiger partial charge is 0.229 e. The van der Waals surface area contributed by atoms with Crippen molar-refractivity contribution >= 4 is 5.91 Å². The molecule has 1 atom stereocenters. The van der Waals surface area contributed by atoms with E-state index in [1.165, 1.54) is 0 Å². The number of carbonyl (C=O) groups is 1. The fraction of sp³-hybridized carbons (Fsp3) is 0.700. The zero-order chi connectivity index (χ0) is 9.90. The summed E-state index contributed by atoms with van der Waals surface area (Å²) < 4.78 is 0.862. The van der Waals surface area contributed by atoms with Crippen LogP contribution in [0.1, 0.15) is 19.3 Å². The van der Waals surface area contributed by atoms with Crippen LogP contribution in [0.25, 0.3) is 0 Å². The summed E-state index contributed by atoms with van der Waals surface area (Å²) in [5, 5.41) is 2.76. The number of carbonyl (C=O) groups excluding carboxylic acids is 1. The number of halogens is 1. The number of hydrogen-bond acceptors (Lipinski definition) is 1. The van der Waals surface area contributed by atoms with Crippen molar-refractivity contribution in [2.45, 2.75) is 25.3 Å². The molecule has 0 spiro atoms. The van der Waals surface area contributed by atoms with Crippen molar-refractivity contribution in [1.29, 1.82) is 0 Å². The van der Waals surface area contributed by atoms with Crippen LogP contribution < -0.4 is 29.3 Å². The maximum absolute atomic E-state index is 11.3. The van der Waals surface area contributed by atoms with Gasteiger partial charge in [0.25, 0.3) is 0 Å². The number of quaternary nitrogens is 1. The van der Waals surface area contributed by atoms with E-state index in [0.29, 0.717) is 12.5 Å². The van der Waals surface area contributed by atoms with E-state index in [2.05, 4.69) is 26.5 Å². The van der Waals surface area contributed by atoms with E-state index in [1.807, 2.05) is 6.08 Å². The van der Waals surface area contributed by atoms with Crippen molar-refractivity contribution in [3.05, 3.63) is 12.3 Å². The maximum atomic E-state index is 11.3. The van der Waals surface area contributed by atoms with Gasteiger partial charge in [-0.05, 0) is 12.6 Å². The van der Waals surface area contributed by atoms with Gasteiger partial charge in [0.2, 0.25) is 5.91 Å². The Balaban J connectivity index is 0.00000169. The van der Waals surface area contributed by atoms with E-state index >= 15 is 0 Å². The highest BCUT2D eigenvalue weighted by atomic mass is 127. The Morgan fingerprint density at radius 3 is 2.64 bits per heavy atom. The van der Waals surface area contributed by atoms with Crippen LogP contribution in [0.3, 0.4) is 0 Å². The molecule has 1 aliphatic rings. The minimum Gasteiger partial charge on any atom is -1.00 e. The first-order chi connectivity index (χ1) is 6.00. The Kier molecular flexibility index (Phi) is 5.66. The highest BCUT2D eigenvalue weighted by Crippen LogP contribution is 2.15. The lowest BCUT2D eigenvalue weighted by molar-refractivity contribution is -0.895. The second kappa shape index (κ2) is 5.70. The molecule has 0 aromatic rings. The fourth-order valence-corrected chi connectivity index (χ4v) is 1.56. The number of allylic oxidation sites excluding steroid dienone is 1. The molecular formula is C10H19IN2O. The van der Waals surface area contributed by atoms with Crippen molar-refractivity contribution in [3.8, 4) is 0 Å². The SMILES string of the molecule is C[N+](C)(C)C1CC/C=C\NC(=O)C1.[I-]. The third-order valence-corrected chi connectivity index (χ3v) is 2.55. The Morgan fingerprint density at radius 1 is 1.43 bits per heavy atom. The molecule has 1 heterocycles. The van der Waals surface area contributed by atoms with Gasteiger partial charge in [0.1, 0.15) is 0 Å². The van der Waals surface area contributed by atoms with Crippen LogP contribution in [0.15, 0.2) is 12.3 Å². The molecule has 82 valence electrons. The monoisotopic (exact) mass is 310 g/mol. The van der Waals surface area contributed by atoms with E-state index in [9.17, 15) is 4.79 Å². The van der Waals surface area contributed by atoms with Gasteiger partial charge >= 0.3 is 0 Å². The largest absolute Gasteiger partial charge is 1.00 e. The zero-order valence-corrected chi connectivity index (χ0v) is 11.2. The van der Waals surface area contributed by atoms with Crippen molar-refractivity contribution in [2.24, 2.45) is 0 Å². The van der Waals surface area contributed by atoms with Crippen LogP contribution in [0.2, 0.25) is 0 Å². The molecule has 0 aliphatic carbocycles. The summed E-state index contributed by atoms with van der Waals surface area (Å²) in [6.07, 6.45) is 6.57. The van der Waals surface area contributed by atoms with Crippen LogP contribution in [-0.2, 0) is 4.79 Å². The van der Waals surface area contributed by atoms with E-state index in [0.717, 1.165) is 17.3 Å². The van der Waals surface area contributed by atoms with Gasteiger partial charge in [-0.3, -0.25) is 4.79 Å². The summed E-state index contributed by atoms with van der Waals surface area (Å²) in [5.74, 6) is 0.133. The number of amides is 1. The minimum absolute atomic E-state index is 0. The number of hydrogen-bond donors (Lipinski definition) is 1. The first-order valence-electron chi connectivity index (χ1n) is 4.75. The molecule has 1 unspecified atom stereocenters. The first-order valence-corrected chi connectivity index (χ1v) is 4.75. The standard InChI is InChI=1S/C10H18N2O.HI/c1-12(2,3)9-6-4-5-7-11-10(13)8-9;/h5,7,9H,4,6,8H2,1-3H3;1H/b7-5-;. The summed E-state index contributed by atoms with van der Waals surface area (Å²) >= 11 is 0. The number of nitrogens with one attached hydrogen (secondary N) is 1. The summed E-state index contributed by atoms with van der Waals surface area (Å²) in [6, 6.07) is 0.435. The van der Waals surface area contributed by atoms with E-state index < -0.39 is 0 Å². The van der Waals surface area contributed by atoms with Crippen molar-refractivity contribution in [2.75, 3.05) is 21.1 Å². The van der Waals surface area contributed by atoms with E-state index in [4.69, 9.17) is 0 Å². The molecular weight excluding hydrogens is 291 g/mol. The van der Waals surface area contributed by atoms with Gasteiger partial charge in [0.15, 0.2) is 0 Å². The van der Waals surface area contributed by atoms with Crippen molar-refractivity contribution < 1.29 is 33.3 Å². The normalized spacial score (nSPS) is 25.4. The molecule has 1 amide bonds. The van der Waals surface area contributed by atoms with Gasteiger partial charge in [0, 0.05) is 6.42 Å². The molecule has 3 nitrogen and oxygen atoms in total. The lowest BCUT2D eigenvalue weighted by Gasteiger charge is -2.34. The second-order valence-corrected chi connectivity index (χ2v) is 4.52. The molecule has 0 saturated carbocycles. The maximum Gasteiger partial charge on any atom is 0.229 e. The Bertz CT molecular complexity index is 221. The zero-order valence-electron chi connectivity index (χ0n) is 9.09. The van der Waals surface area contributed by atoms with Gasteiger partial charge in [0.05, 0.1) is 33.6 Å².